The molecule has 22 heavy (non-hydrogen) atoms. The normalized spacial score (nSPS) is 12.0. The molecule has 0 atom stereocenters. The van der Waals surface area contributed by atoms with Crippen LogP contribution in [0, 0.1) is 17.4 Å². The fourth-order valence-electron chi connectivity index (χ4n) is 2.66. The van der Waals surface area contributed by atoms with Crippen LogP contribution in [0.3, 0.4) is 0 Å². The molecular weight excluding hydrogens is 415 g/mol. The summed E-state index contributed by atoms with van der Waals surface area (Å²) in [6, 6.07) is 7.00. The molecule has 1 N–H and O–H groups in total. The summed E-state index contributed by atoms with van der Waals surface area (Å²) in [6.07, 6.45) is 3.61. The summed E-state index contributed by atoms with van der Waals surface area (Å²) in [5.41, 5.74) is 4.15. The molecule has 0 unspecified atom stereocenters. The van der Waals surface area contributed by atoms with Gasteiger partial charge in [0.05, 0.1) is 20.2 Å². The van der Waals surface area contributed by atoms with Crippen LogP contribution in [0.2, 0.25) is 0 Å². The summed E-state index contributed by atoms with van der Waals surface area (Å²) in [7, 11) is -4.24. The fourth-order valence-corrected chi connectivity index (χ4v) is 3.91. The fraction of sp³-hybridized carbons (Fsp3) is 0.133. The molecule has 5 nitrogen and oxygen atoms in total. The van der Waals surface area contributed by atoms with Crippen molar-refractivity contribution in [3.05, 3.63) is 51.4 Å². The Hall–Kier alpha value is -1.45. The van der Waals surface area contributed by atoms with E-state index in [4.69, 9.17) is 0 Å². The van der Waals surface area contributed by atoms with Gasteiger partial charge in [0.15, 0.2) is 0 Å². The lowest BCUT2D eigenvalue weighted by Crippen LogP contribution is -2.03. The average Bonchev–Trinajstić information content (AvgIpc) is 2.79. The van der Waals surface area contributed by atoms with Gasteiger partial charge in [0, 0.05) is 6.20 Å². The van der Waals surface area contributed by atoms with Crippen molar-refractivity contribution in [1.82, 2.24) is 9.61 Å². The van der Waals surface area contributed by atoms with E-state index in [2.05, 4.69) is 27.7 Å². The van der Waals surface area contributed by atoms with Crippen molar-refractivity contribution in [3.8, 4) is 11.1 Å². The van der Waals surface area contributed by atoms with Crippen LogP contribution < -0.4 is 0 Å². The molecule has 0 aliphatic heterocycles. The number of benzene rings is 1. The molecule has 0 bridgehead atoms. The number of pyridine rings is 1. The molecule has 2 heterocycles. The Morgan fingerprint density at radius 1 is 1.23 bits per heavy atom. The zero-order chi connectivity index (χ0) is 16.1. The number of hydrogen-bond donors (Lipinski definition) is 1. The van der Waals surface area contributed by atoms with Crippen LogP contribution in [0.15, 0.2) is 41.6 Å². The van der Waals surface area contributed by atoms with Crippen molar-refractivity contribution in [1.29, 1.82) is 0 Å². The number of aromatic nitrogens is 2. The van der Waals surface area contributed by atoms with Gasteiger partial charge in [-0.2, -0.15) is 13.5 Å². The Bertz CT molecular complexity index is 993. The zero-order valence-electron chi connectivity index (χ0n) is 11.9. The molecule has 0 spiro atoms. The van der Waals surface area contributed by atoms with Gasteiger partial charge in [0.25, 0.3) is 10.1 Å². The van der Waals surface area contributed by atoms with E-state index in [0.717, 1.165) is 25.8 Å². The Morgan fingerprint density at radius 2 is 1.95 bits per heavy atom. The minimum atomic E-state index is -4.24. The molecule has 3 rings (SSSR count). The molecule has 7 heteroatoms. The van der Waals surface area contributed by atoms with Gasteiger partial charge in [0.2, 0.25) is 0 Å². The Labute approximate surface area is 141 Å². The van der Waals surface area contributed by atoms with Gasteiger partial charge in [-0.1, -0.05) is 6.07 Å². The van der Waals surface area contributed by atoms with Crippen molar-refractivity contribution in [2.45, 2.75) is 18.7 Å². The Kier molecular flexibility index (Phi) is 3.74. The highest BCUT2D eigenvalue weighted by Gasteiger charge is 2.18. The van der Waals surface area contributed by atoms with Crippen LogP contribution in [0.4, 0.5) is 0 Å². The van der Waals surface area contributed by atoms with Crippen LogP contribution in [-0.4, -0.2) is 22.6 Å². The van der Waals surface area contributed by atoms with Crippen molar-refractivity contribution >= 4 is 38.2 Å². The number of nitrogens with zero attached hydrogens (tertiary/aromatic N) is 2. The summed E-state index contributed by atoms with van der Waals surface area (Å²) in [5.74, 6) is 0. The molecule has 0 aliphatic carbocycles. The maximum atomic E-state index is 11.5. The molecule has 0 fully saturated rings. The smallest absolute Gasteiger partial charge is 0.282 e. The van der Waals surface area contributed by atoms with E-state index in [-0.39, 0.29) is 4.90 Å². The number of rotatable bonds is 2. The lowest BCUT2D eigenvalue weighted by atomic mass is 9.96. The van der Waals surface area contributed by atoms with Crippen molar-refractivity contribution < 1.29 is 13.0 Å². The van der Waals surface area contributed by atoms with E-state index in [1.54, 1.807) is 23.7 Å². The zero-order valence-corrected chi connectivity index (χ0v) is 14.9. The van der Waals surface area contributed by atoms with E-state index < -0.39 is 10.1 Å². The molecule has 1 aromatic carbocycles. The molecule has 0 saturated carbocycles. The lowest BCUT2D eigenvalue weighted by molar-refractivity contribution is 0.482. The van der Waals surface area contributed by atoms with Crippen LogP contribution in [0.25, 0.3) is 16.6 Å². The van der Waals surface area contributed by atoms with Gasteiger partial charge in [0.1, 0.15) is 0 Å². The van der Waals surface area contributed by atoms with E-state index in [1.165, 1.54) is 6.07 Å². The Morgan fingerprint density at radius 3 is 2.64 bits per heavy atom. The second-order valence-electron chi connectivity index (χ2n) is 5.09. The standard InChI is InChI=1S/C15H13IN2O3S/c1-9-3-4-14(22(19,20)21)10(2)15(9)11-5-6-18-13(7-11)12(16)8-17-18/h3-8H,1-2H3,(H,19,20,21). The van der Waals surface area contributed by atoms with Gasteiger partial charge in [-0.05, 0) is 76.9 Å². The monoisotopic (exact) mass is 428 g/mol. The first-order chi connectivity index (χ1) is 10.3. The highest BCUT2D eigenvalue weighted by Crippen LogP contribution is 2.32. The SMILES string of the molecule is Cc1ccc(S(=O)(=O)O)c(C)c1-c1ccn2ncc(I)c2c1. The molecule has 0 saturated heterocycles. The van der Waals surface area contributed by atoms with Crippen molar-refractivity contribution in [2.75, 3.05) is 0 Å². The van der Waals surface area contributed by atoms with E-state index >= 15 is 0 Å². The van der Waals surface area contributed by atoms with Crippen LogP contribution in [-0.2, 0) is 10.1 Å². The third-order valence-corrected chi connectivity index (χ3v) is 5.49. The van der Waals surface area contributed by atoms with Gasteiger partial charge in [-0.15, -0.1) is 0 Å². The molecule has 114 valence electrons. The number of aryl methyl sites for hydroxylation is 1. The predicted molar refractivity (Wildman–Crippen MR) is 92.6 cm³/mol. The summed E-state index contributed by atoms with van der Waals surface area (Å²) in [6.45, 7) is 3.62. The summed E-state index contributed by atoms with van der Waals surface area (Å²) in [4.78, 5) is -0.0591. The molecule has 0 amide bonds. The Balaban J connectivity index is 2.32. The minimum Gasteiger partial charge on any atom is -0.282 e. The van der Waals surface area contributed by atoms with Gasteiger partial charge in [-0.25, -0.2) is 4.52 Å². The van der Waals surface area contributed by atoms with Crippen LogP contribution in [0.1, 0.15) is 11.1 Å². The van der Waals surface area contributed by atoms with Gasteiger partial charge < -0.3 is 0 Å². The highest BCUT2D eigenvalue weighted by molar-refractivity contribution is 14.1. The third kappa shape index (κ3) is 2.53. The second-order valence-corrected chi connectivity index (χ2v) is 7.65. The number of halogens is 1. The van der Waals surface area contributed by atoms with Crippen molar-refractivity contribution in [3.63, 3.8) is 0 Å². The number of hydrogen-bond acceptors (Lipinski definition) is 3. The quantitative estimate of drug-likeness (QED) is 0.501. The largest absolute Gasteiger partial charge is 0.294 e. The minimum absolute atomic E-state index is 0.0591. The highest BCUT2D eigenvalue weighted by atomic mass is 127. The van der Waals surface area contributed by atoms with E-state index in [1.807, 2.05) is 25.3 Å². The summed E-state index contributed by atoms with van der Waals surface area (Å²) in [5, 5.41) is 4.23. The topological polar surface area (TPSA) is 71.7 Å². The van der Waals surface area contributed by atoms with Crippen LogP contribution in [0.5, 0.6) is 0 Å². The average molecular weight is 428 g/mol. The molecule has 0 radical (unpaired) electrons. The third-order valence-electron chi connectivity index (χ3n) is 3.66. The molecule has 0 aliphatic rings. The van der Waals surface area contributed by atoms with Gasteiger partial charge >= 0.3 is 0 Å². The first-order valence-corrected chi connectivity index (χ1v) is 9.02. The van der Waals surface area contributed by atoms with Crippen LogP contribution >= 0.6 is 22.6 Å². The first kappa shape index (κ1) is 15.4. The summed E-state index contributed by atoms with van der Waals surface area (Å²) < 4.78 is 35.2. The van der Waals surface area contributed by atoms with E-state index in [0.29, 0.717) is 5.56 Å². The maximum Gasteiger partial charge on any atom is 0.294 e. The summed E-state index contributed by atoms with van der Waals surface area (Å²) >= 11 is 2.21. The first-order valence-electron chi connectivity index (χ1n) is 6.50. The van der Waals surface area contributed by atoms with Gasteiger partial charge in [-0.3, -0.25) is 4.55 Å². The van der Waals surface area contributed by atoms with E-state index in [9.17, 15) is 13.0 Å². The second kappa shape index (κ2) is 5.32. The molecular formula is C15H13IN2O3S. The predicted octanol–water partition coefficient (Wildman–Crippen LogP) is 3.47. The molecule has 3 aromatic rings. The maximum absolute atomic E-state index is 11.5. The number of fused-ring (bicyclic) bond motifs is 1. The molecule has 2 aromatic heterocycles. The lowest BCUT2D eigenvalue weighted by Gasteiger charge is -2.13. The van der Waals surface area contributed by atoms with Crippen molar-refractivity contribution in [2.24, 2.45) is 0 Å².